The molecular weight excluding hydrogens is 200 g/mol. The van der Waals surface area contributed by atoms with Gasteiger partial charge in [0.1, 0.15) is 6.04 Å². The average molecular weight is 218 g/mol. The molecule has 0 bridgehead atoms. The van der Waals surface area contributed by atoms with Crippen molar-refractivity contribution in [3.8, 4) is 0 Å². The van der Waals surface area contributed by atoms with Gasteiger partial charge >= 0.3 is 0 Å². The summed E-state index contributed by atoms with van der Waals surface area (Å²) in [5, 5.41) is 2.95. The van der Waals surface area contributed by atoms with Crippen LogP contribution in [-0.2, 0) is 9.53 Å². The number of hydrogen-bond acceptors (Lipinski definition) is 4. The summed E-state index contributed by atoms with van der Waals surface area (Å²) in [5.74, 6) is 2.17. The van der Waals surface area contributed by atoms with Crippen molar-refractivity contribution in [3.63, 3.8) is 0 Å². The lowest BCUT2D eigenvalue weighted by Crippen LogP contribution is -2.48. The second-order valence-electron chi connectivity index (χ2n) is 3.46. The topological polar surface area (TPSA) is 64.3 Å². The summed E-state index contributed by atoms with van der Waals surface area (Å²) < 4.78 is 4.82. The van der Waals surface area contributed by atoms with E-state index in [1.54, 1.807) is 7.11 Å². The first-order valence-corrected chi connectivity index (χ1v) is 6.02. The minimum Gasteiger partial charge on any atom is -0.383 e. The number of amides is 1. The fourth-order valence-electron chi connectivity index (χ4n) is 1.41. The molecule has 1 aliphatic heterocycles. The maximum Gasteiger partial charge on any atom is 0.239 e. The molecule has 5 heteroatoms. The van der Waals surface area contributed by atoms with E-state index in [0.29, 0.717) is 6.04 Å². The summed E-state index contributed by atoms with van der Waals surface area (Å²) in [4.78, 5) is 11.5. The first kappa shape index (κ1) is 11.8. The molecule has 3 N–H and O–H groups in total. The minimum absolute atomic E-state index is 0.0937. The Bertz CT molecular complexity index is 184. The highest BCUT2D eigenvalue weighted by Gasteiger charge is 2.19. The van der Waals surface area contributed by atoms with Gasteiger partial charge in [-0.05, 0) is 24.3 Å². The highest BCUT2D eigenvalue weighted by Crippen LogP contribution is 2.16. The van der Waals surface area contributed by atoms with Crippen LogP contribution < -0.4 is 11.1 Å². The van der Waals surface area contributed by atoms with Gasteiger partial charge in [0.2, 0.25) is 5.91 Å². The van der Waals surface area contributed by atoms with Crippen LogP contribution in [0.25, 0.3) is 0 Å². The Morgan fingerprint density at radius 1 is 1.64 bits per heavy atom. The molecule has 1 saturated heterocycles. The van der Waals surface area contributed by atoms with Crippen molar-refractivity contribution in [1.82, 2.24) is 5.32 Å². The van der Waals surface area contributed by atoms with Crippen LogP contribution in [0.4, 0.5) is 0 Å². The number of methoxy groups -OCH3 is 1. The SMILES string of the molecule is COCC(N)C(=O)NC1CCSCC1. The van der Waals surface area contributed by atoms with Gasteiger partial charge < -0.3 is 15.8 Å². The number of nitrogens with two attached hydrogens (primary N) is 1. The third-order valence-corrected chi connectivity index (χ3v) is 3.30. The standard InChI is InChI=1S/C9H18N2O2S/c1-13-6-8(10)9(12)11-7-2-4-14-5-3-7/h7-8H,2-6,10H2,1H3,(H,11,12). The Labute approximate surface area is 88.9 Å². The van der Waals surface area contributed by atoms with Gasteiger partial charge in [0.25, 0.3) is 0 Å². The monoisotopic (exact) mass is 218 g/mol. The van der Waals surface area contributed by atoms with Crippen molar-refractivity contribution >= 4 is 17.7 Å². The summed E-state index contributed by atoms with van der Waals surface area (Å²) in [6.07, 6.45) is 2.10. The zero-order valence-electron chi connectivity index (χ0n) is 8.49. The van der Waals surface area contributed by atoms with E-state index in [0.717, 1.165) is 24.3 Å². The lowest BCUT2D eigenvalue weighted by Gasteiger charge is -2.23. The van der Waals surface area contributed by atoms with E-state index >= 15 is 0 Å². The van der Waals surface area contributed by atoms with Crippen LogP contribution in [0, 0.1) is 0 Å². The van der Waals surface area contributed by atoms with Crippen molar-refractivity contribution in [2.24, 2.45) is 5.73 Å². The summed E-state index contributed by atoms with van der Waals surface area (Å²) in [6, 6.07) is -0.221. The van der Waals surface area contributed by atoms with Crippen LogP contribution in [0.2, 0.25) is 0 Å². The Hall–Kier alpha value is -0.260. The van der Waals surface area contributed by atoms with Crippen molar-refractivity contribution in [2.75, 3.05) is 25.2 Å². The quantitative estimate of drug-likeness (QED) is 0.695. The van der Waals surface area contributed by atoms with Gasteiger partial charge in [0, 0.05) is 13.2 Å². The number of carbonyl (C=O) groups is 1. The van der Waals surface area contributed by atoms with Crippen LogP contribution in [0.1, 0.15) is 12.8 Å². The van der Waals surface area contributed by atoms with Crippen molar-refractivity contribution < 1.29 is 9.53 Å². The lowest BCUT2D eigenvalue weighted by molar-refractivity contribution is -0.124. The van der Waals surface area contributed by atoms with Crippen LogP contribution in [0.3, 0.4) is 0 Å². The first-order valence-electron chi connectivity index (χ1n) is 4.86. The average Bonchev–Trinajstić information content (AvgIpc) is 2.19. The number of ether oxygens (including phenoxy) is 1. The van der Waals surface area contributed by atoms with Gasteiger partial charge in [-0.25, -0.2) is 0 Å². The molecule has 0 aromatic rings. The lowest BCUT2D eigenvalue weighted by atomic mass is 10.1. The summed E-state index contributed by atoms with van der Waals surface area (Å²) in [6.45, 7) is 0.285. The molecule has 0 spiro atoms. The van der Waals surface area contributed by atoms with Gasteiger partial charge in [-0.3, -0.25) is 4.79 Å². The molecule has 1 rings (SSSR count). The molecule has 4 nitrogen and oxygen atoms in total. The van der Waals surface area contributed by atoms with Gasteiger partial charge in [0.15, 0.2) is 0 Å². The molecule has 0 saturated carbocycles. The van der Waals surface area contributed by atoms with Crippen LogP contribution in [0.15, 0.2) is 0 Å². The van der Waals surface area contributed by atoms with Crippen molar-refractivity contribution in [3.05, 3.63) is 0 Å². The molecule has 1 atom stereocenters. The number of hydrogen-bond donors (Lipinski definition) is 2. The van der Waals surface area contributed by atoms with Crippen molar-refractivity contribution in [2.45, 2.75) is 24.9 Å². The maximum atomic E-state index is 11.5. The van der Waals surface area contributed by atoms with Gasteiger partial charge in [-0.1, -0.05) is 0 Å². The molecule has 1 amide bonds. The molecule has 1 fully saturated rings. The molecule has 82 valence electrons. The number of carbonyl (C=O) groups excluding carboxylic acids is 1. The normalized spacial score (nSPS) is 20.4. The van der Waals surface area contributed by atoms with E-state index in [1.165, 1.54) is 0 Å². The fraction of sp³-hybridized carbons (Fsp3) is 0.889. The van der Waals surface area contributed by atoms with Crippen LogP contribution in [-0.4, -0.2) is 43.2 Å². The highest BCUT2D eigenvalue weighted by atomic mass is 32.2. The molecule has 0 aromatic carbocycles. The summed E-state index contributed by atoms with van der Waals surface area (Å²) in [7, 11) is 1.55. The molecule has 1 aliphatic rings. The van der Waals surface area contributed by atoms with Gasteiger partial charge in [-0.15, -0.1) is 0 Å². The van der Waals surface area contributed by atoms with E-state index in [-0.39, 0.29) is 12.5 Å². The van der Waals surface area contributed by atoms with Crippen LogP contribution in [0.5, 0.6) is 0 Å². The summed E-state index contributed by atoms with van der Waals surface area (Å²) in [5.41, 5.74) is 5.60. The second kappa shape index (κ2) is 6.27. The molecule has 1 unspecified atom stereocenters. The van der Waals surface area contributed by atoms with E-state index in [9.17, 15) is 4.79 Å². The van der Waals surface area contributed by atoms with E-state index in [1.807, 2.05) is 11.8 Å². The number of thioether (sulfide) groups is 1. The van der Waals surface area contributed by atoms with Gasteiger partial charge in [-0.2, -0.15) is 11.8 Å². The molecule has 0 radical (unpaired) electrons. The predicted octanol–water partition coefficient (Wildman–Crippen LogP) is -0.0281. The fourth-order valence-corrected chi connectivity index (χ4v) is 2.51. The third kappa shape index (κ3) is 3.86. The first-order chi connectivity index (χ1) is 6.74. The Kier molecular flexibility index (Phi) is 5.29. The molecule has 0 aliphatic carbocycles. The molecule has 14 heavy (non-hydrogen) atoms. The Balaban J connectivity index is 2.24. The predicted molar refractivity (Wildman–Crippen MR) is 58.3 cm³/mol. The zero-order valence-corrected chi connectivity index (χ0v) is 9.31. The minimum atomic E-state index is -0.533. The van der Waals surface area contributed by atoms with Gasteiger partial charge in [0.05, 0.1) is 6.61 Å². The molecular formula is C9H18N2O2S. The van der Waals surface area contributed by atoms with E-state index in [4.69, 9.17) is 10.5 Å². The zero-order chi connectivity index (χ0) is 10.4. The van der Waals surface area contributed by atoms with E-state index in [2.05, 4.69) is 5.32 Å². The smallest absolute Gasteiger partial charge is 0.239 e. The highest BCUT2D eigenvalue weighted by molar-refractivity contribution is 7.99. The second-order valence-corrected chi connectivity index (χ2v) is 4.68. The molecule has 1 heterocycles. The third-order valence-electron chi connectivity index (χ3n) is 2.25. The largest absolute Gasteiger partial charge is 0.383 e. The van der Waals surface area contributed by atoms with Crippen molar-refractivity contribution in [1.29, 1.82) is 0 Å². The number of nitrogens with one attached hydrogen (secondary N) is 1. The summed E-state index contributed by atoms with van der Waals surface area (Å²) >= 11 is 1.94. The Morgan fingerprint density at radius 3 is 2.86 bits per heavy atom. The van der Waals surface area contributed by atoms with E-state index < -0.39 is 6.04 Å². The molecule has 0 aromatic heterocycles. The Morgan fingerprint density at radius 2 is 2.29 bits per heavy atom. The van der Waals surface area contributed by atoms with Crippen LogP contribution >= 0.6 is 11.8 Å². The maximum absolute atomic E-state index is 11.5. The number of rotatable bonds is 4.